The lowest BCUT2D eigenvalue weighted by Crippen LogP contribution is -2.09. The molecule has 0 aliphatic heterocycles. The van der Waals surface area contributed by atoms with Gasteiger partial charge in [-0.25, -0.2) is 4.98 Å². The van der Waals surface area contributed by atoms with Gasteiger partial charge in [-0.1, -0.05) is 37.3 Å². The highest BCUT2D eigenvalue weighted by Gasteiger charge is 2.10. The number of rotatable bonds is 7. The van der Waals surface area contributed by atoms with Crippen molar-refractivity contribution in [3.8, 4) is 0 Å². The van der Waals surface area contributed by atoms with Crippen molar-refractivity contribution in [2.24, 2.45) is 0 Å². The van der Waals surface area contributed by atoms with E-state index in [4.69, 9.17) is 4.74 Å². The van der Waals surface area contributed by atoms with Crippen molar-refractivity contribution in [2.45, 2.75) is 46.3 Å². The summed E-state index contributed by atoms with van der Waals surface area (Å²) in [6.45, 7) is 9.90. The van der Waals surface area contributed by atoms with Crippen LogP contribution < -0.4 is 5.32 Å². The van der Waals surface area contributed by atoms with Crippen LogP contribution in [0.3, 0.4) is 0 Å². The van der Waals surface area contributed by atoms with Crippen LogP contribution in [-0.2, 0) is 11.3 Å². The third-order valence-electron chi connectivity index (χ3n) is 3.37. The molecule has 114 valence electrons. The predicted octanol–water partition coefficient (Wildman–Crippen LogP) is 4.59. The molecule has 1 unspecified atom stereocenters. The third-order valence-corrected chi connectivity index (χ3v) is 4.34. The molecule has 1 N–H and O–H groups in total. The van der Waals surface area contributed by atoms with E-state index in [2.05, 4.69) is 54.5 Å². The van der Waals surface area contributed by atoms with Crippen molar-refractivity contribution in [2.75, 3.05) is 11.9 Å². The summed E-state index contributed by atoms with van der Waals surface area (Å²) in [6.07, 6.45) is 0.237. The van der Waals surface area contributed by atoms with Gasteiger partial charge < -0.3 is 10.1 Å². The zero-order valence-electron chi connectivity index (χ0n) is 13.2. The van der Waals surface area contributed by atoms with Gasteiger partial charge in [0.25, 0.3) is 0 Å². The van der Waals surface area contributed by atoms with Crippen LogP contribution in [0.15, 0.2) is 30.3 Å². The molecule has 0 aliphatic rings. The fourth-order valence-corrected chi connectivity index (χ4v) is 2.85. The summed E-state index contributed by atoms with van der Waals surface area (Å²) in [7, 11) is 0. The quantitative estimate of drug-likeness (QED) is 0.812. The molecule has 1 heterocycles. The van der Waals surface area contributed by atoms with Crippen molar-refractivity contribution in [1.29, 1.82) is 0 Å². The second-order valence-corrected chi connectivity index (χ2v) is 6.78. The van der Waals surface area contributed by atoms with Crippen LogP contribution in [0.4, 0.5) is 5.13 Å². The Morgan fingerprint density at radius 1 is 1.19 bits per heavy atom. The maximum atomic E-state index is 5.63. The molecule has 0 bridgehead atoms. The van der Waals surface area contributed by atoms with E-state index in [-0.39, 0.29) is 6.10 Å². The first-order valence-corrected chi connectivity index (χ1v) is 8.24. The highest BCUT2D eigenvalue weighted by Crippen LogP contribution is 2.24. The number of ether oxygens (including phenoxy) is 1. The predicted molar refractivity (Wildman–Crippen MR) is 90.1 cm³/mol. The summed E-state index contributed by atoms with van der Waals surface area (Å²) >= 11 is 1.70. The topological polar surface area (TPSA) is 34.2 Å². The number of benzene rings is 1. The molecule has 0 saturated carbocycles. The Morgan fingerprint density at radius 2 is 1.90 bits per heavy atom. The molecule has 0 fully saturated rings. The van der Waals surface area contributed by atoms with Gasteiger partial charge in [-0.15, -0.1) is 11.3 Å². The first-order chi connectivity index (χ1) is 10.1. The molecule has 0 amide bonds. The molecule has 4 heteroatoms. The lowest BCUT2D eigenvalue weighted by Gasteiger charge is -2.12. The Balaban J connectivity index is 1.90. The van der Waals surface area contributed by atoms with Gasteiger partial charge in [0.1, 0.15) is 0 Å². The first kappa shape index (κ1) is 16.0. The molecule has 2 rings (SSSR count). The summed E-state index contributed by atoms with van der Waals surface area (Å²) in [5.41, 5.74) is 2.39. The minimum Gasteiger partial charge on any atom is -0.372 e. The third kappa shape index (κ3) is 4.83. The van der Waals surface area contributed by atoms with E-state index in [0.717, 1.165) is 17.4 Å². The van der Waals surface area contributed by atoms with Crippen molar-refractivity contribution in [1.82, 2.24) is 4.98 Å². The van der Waals surface area contributed by atoms with Crippen molar-refractivity contribution in [3.05, 3.63) is 46.5 Å². The van der Waals surface area contributed by atoms with E-state index in [9.17, 15) is 0 Å². The fraction of sp³-hybridized carbons (Fsp3) is 0.471. The summed E-state index contributed by atoms with van der Waals surface area (Å²) < 4.78 is 5.63. The molecule has 21 heavy (non-hydrogen) atoms. The Kier molecular flexibility index (Phi) is 5.76. The number of hydrogen-bond acceptors (Lipinski definition) is 4. The largest absolute Gasteiger partial charge is 0.372 e. The monoisotopic (exact) mass is 304 g/mol. The van der Waals surface area contributed by atoms with Gasteiger partial charge in [0.05, 0.1) is 18.4 Å². The van der Waals surface area contributed by atoms with Gasteiger partial charge in [-0.05, 0) is 32.3 Å². The van der Waals surface area contributed by atoms with Crippen LogP contribution in [0, 0.1) is 6.92 Å². The average molecular weight is 304 g/mol. The lowest BCUT2D eigenvalue weighted by molar-refractivity contribution is 0.0636. The number of aryl methyl sites for hydroxylation is 1. The lowest BCUT2D eigenvalue weighted by atomic mass is 10.0. The Hall–Kier alpha value is -1.39. The number of hydrogen-bond donors (Lipinski definition) is 1. The smallest absolute Gasteiger partial charge is 0.183 e. The van der Waals surface area contributed by atoms with Gasteiger partial charge in [-0.2, -0.15) is 0 Å². The summed E-state index contributed by atoms with van der Waals surface area (Å²) in [4.78, 5) is 5.86. The van der Waals surface area contributed by atoms with Crippen molar-refractivity contribution < 1.29 is 4.74 Å². The van der Waals surface area contributed by atoms with Gasteiger partial charge in [-0.3, -0.25) is 0 Å². The number of nitrogens with one attached hydrogen (secondary N) is 1. The van der Waals surface area contributed by atoms with Gasteiger partial charge in [0.2, 0.25) is 0 Å². The molecule has 0 spiro atoms. The van der Waals surface area contributed by atoms with Gasteiger partial charge in [0, 0.05) is 11.4 Å². The molecule has 0 radical (unpaired) electrons. The molecular formula is C17H24N2OS. The van der Waals surface area contributed by atoms with E-state index in [1.54, 1.807) is 11.3 Å². The molecule has 0 aliphatic carbocycles. The number of nitrogens with zero attached hydrogens (tertiary/aromatic N) is 1. The maximum Gasteiger partial charge on any atom is 0.183 e. The van der Waals surface area contributed by atoms with E-state index in [1.807, 2.05) is 13.8 Å². The van der Waals surface area contributed by atoms with Gasteiger partial charge in [0.15, 0.2) is 5.13 Å². The SMILES string of the molecule is Cc1sc(NCC(C)c2ccccc2)nc1COC(C)C. The Bertz CT molecular complexity index is 551. The molecule has 2 aromatic rings. The second kappa shape index (κ2) is 7.57. The minimum absolute atomic E-state index is 0.237. The molecule has 0 saturated heterocycles. The van der Waals surface area contributed by atoms with Crippen LogP contribution in [0.25, 0.3) is 0 Å². The van der Waals surface area contributed by atoms with E-state index < -0.39 is 0 Å². The summed E-state index contributed by atoms with van der Waals surface area (Å²) in [6, 6.07) is 10.6. The summed E-state index contributed by atoms with van der Waals surface area (Å²) in [5.74, 6) is 0.464. The highest BCUT2D eigenvalue weighted by atomic mass is 32.1. The average Bonchev–Trinajstić information content (AvgIpc) is 2.84. The normalized spacial score (nSPS) is 12.6. The van der Waals surface area contributed by atoms with E-state index in [1.165, 1.54) is 10.4 Å². The van der Waals surface area contributed by atoms with E-state index in [0.29, 0.717) is 12.5 Å². The van der Waals surface area contributed by atoms with Crippen molar-refractivity contribution in [3.63, 3.8) is 0 Å². The van der Waals surface area contributed by atoms with Crippen LogP contribution in [0.1, 0.15) is 42.8 Å². The number of anilines is 1. The molecule has 3 nitrogen and oxygen atoms in total. The zero-order chi connectivity index (χ0) is 15.2. The highest BCUT2D eigenvalue weighted by molar-refractivity contribution is 7.15. The molecule has 1 aromatic heterocycles. The number of thiazole rings is 1. The van der Waals surface area contributed by atoms with Crippen LogP contribution in [-0.4, -0.2) is 17.6 Å². The van der Waals surface area contributed by atoms with Crippen LogP contribution in [0.5, 0.6) is 0 Å². The molecular weight excluding hydrogens is 280 g/mol. The van der Waals surface area contributed by atoms with Crippen LogP contribution in [0.2, 0.25) is 0 Å². The Labute approximate surface area is 131 Å². The summed E-state index contributed by atoms with van der Waals surface area (Å²) in [5, 5.41) is 4.43. The maximum absolute atomic E-state index is 5.63. The fourth-order valence-electron chi connectivity index (χ4n) is 2.02. The second-order valence-electron chi connectivity index (χ2n) is 5.57. The zero-order valence-corrected chi connectivity index (χ0v) is 14.0. The van der Waals surface area contributed by atoms with Gasteiger partial charge >= 0.3 is 0 Å². The first-order valence-electron chi connectivity index (χ1n) is 7.43. The van der Waals surface area contributed by atoms with Crippen LogP contribution >= 0.6 is 11.3 Å². The number of aromatic nitrogens is 1. The molecule has 1 aromatic carbocycles. The van der Waals surface area contributed by atoms with Crippen molar-refractivity contribution >= 4 is 16.5 Å². The Morgan fingerprint density at radius 3 is 2.57 bits per heavy atom. The standard InChI is InChI=1S/C17H24N2OS/c1-12(2)20-11-16-14(4)21-17(19-16)18-10-13(3)15-8-6-5-7-9-15/h5-9,12-13H,10-11H2,1-4H3,(H,18,19). The minimum atomic E-state index is 0.237. The molecule has 1 atom stereocenters. The van der Waals surface area contributed by atoms with E-state index >= 15 is 0 Å².